The molecule has 0 atom stereocenters. The van der Waals surface area contributed by atoms with Gasteiger partial charge in [-0.25, -0.2) is 25.3 Å². The molecule has 2 N–H and O–H groups in total. The summed E-state index contributed by atoms with van der Waals surface area (Å²) < 4.78 is 92.5. The third-order valence-corrected chi connectivity index (χ3v) is 5.64. The van der Waals surface area contributed by atoms with E-state index in [1.165, 1.54) is 72.8 Å². The van der Waals surface area contributed by atoms with Crippen LogP contribution in [-0.4, -0.2) is 44.4 Å². The number of hydrogen-bond donors (Lipinski definition) is 0. The van der Waals surface area contributed by atoms with Gasteiger partial charge in [0.2, 0.25) is 0 Å². The molecular weight excluding hydrogens is 580 g/mol. The summed E-state index contributed by atoms with van der Waals surface area (Å²) in [5.74, 6) is 0. The van der Waals surface area contributed by atoms with Crippen molar-refractivity contribution in [3.63, 3.8) is 0 Å². The summed E-state index contributed by atoms with van der Waals surface area (Å²) in [5.41, 5.74) is 0. The van der Waals surface area contributed by atoms with E-state index in [9.17, 15) is 38.9 Å². The normalized spacial score (nSPS) is 10.6. The minimum Gasteiger partial charge on any atom is -0.744 e. The standard InChI is InChI=1S/3C6H6O3S.Ag.H2O/c3*7-10(8,9)6-4-2-1-3-5-6;;/h3*1-5H,(H,7,8,9);;1H2/p-3. The third-order valence-electron chi connectivity index (χ3n) is 3.10. The first-order valence-corrected chi connectivity index (χ1v) is 12.1. The van der Waals surface area contributed by atoms with Crippen LogP contribution in [0.3, 0.4) is 0 Å². The van der Waals surface area contributed by atoms with Gasteiger partial charge in [-0.15, -0.1) is 0 Å². The van der Waals surface area contributed by atoms with Crippen molar-refractivity contribution < 1.29 is 66.8 Å². The van der Waals surface area contributed by atoms with Gasteiger partial charge < -0.3 is 19.1 Å². The molecule has 0 heterocycles. The molecule has 0 aliphatic heterocycles. The Morgan fingerprint density at radius 1 is 0.406 bits per heavy atom. The first kappa shape index (κ1) is 32.3. The average molecular weight is 597 g/mol. The van der Waals surface area contributed by atoms with Gasteiger partial charge in [-0.2, -0.15) is 0 Å². The fourth-order valence-electron chi connectivity index (χ4n) is 1.76. The van der Waals surface area contributed by atoms with E-state index in [1.54, 1.807) is 18.2 Å². The van der Waals surface area contributed by atoms with E-state index in [0.29, 0.717) is 0 Å². The maximum atomic E-state index is 10.3. The fourth-order valence-corrected chi connectivity index (χ4v) is 3.23. The molecule has 0 saturated heterocycles. The van der Waals surface area contributed by atoms with Crippen LogP contribution >= 0.6 is 0 Å². The Morgan fingerprint density at radius 2 is 0.562 bits per heavy atom. The van der Waals surface area contributed by atoms with Gasteiger partial charge in [-0.3, -0.25) is 0 Å². The Labute approximate surface area is 202 Å². The molecule has 10 nitrogen and oxygen atoms in total. The van der Waals surface area contributed by atoms with Gasteiger partial charge in [0.05, 0.1) is 14.7 Å². The van der Waals surface area contributed by atoms with Crippen molar-refractivity contribution in [2.45, 2.75) is 14.7 Å². The fraction of sp³-hybridized carbons (Fsp3) is 0. The van der Waals surface area contributed by atoms with Gasteiger partial charge >= 0.3 is 0 Å². The molecule has 1 radical (unpaired) electrons. The summed E-state index contributed by atoms with van der Waals surface area (Å²) in [4.78, 5) is -0.556. The van der Waals surface area contributed by atoms with E-state index >= 15 is 0 Å². The second-order valence-electron chi connectivity index (χ2n) is 5.30. The van der Waals surface area contributed by atoms with Gasteiger partial charge in [0.1, 0.15) is 30.4 Å². The zero-order valence-corrected chi connectivity index (χ0v) is 19.8. The molecule has 0 aliphatic rings. The maximum Gasteiger partial charge on any atom is 0.124 e. The minimum atomic E-state index is -4.25. The van der Waals surface area contributed by atoms with E-state index in [-0.39, 0.29) is 42.5 Å². The predicted octanol–water partition coefficient (Wildman–Crippen LogP) is 0.945. The van der Waals surface area contributed by atoms with Gasteiger partial charge in [0, 0.05) is 22.4 Å². The van der Waals surface area contributed by atoms with Crippen molar-refractivity contribution >= 4 is 30.4 Å². The van der Waals surface area contributed by atoms with Gasteiger partial charge in [-0.05, 0) is 36.4 Å². The molecule has 181 valence electrons. The van der Waals surface area contributed by atoms with Crippen molar-refractivity contribution in [3.05, 3.63) is 91.0 Å². The zero-order chi connectivity index (χ0) is 22.8. The van der Waals surface area contributed by atoms with Gasteiger partial charge in [-0.1, -0.05) is 54.6 Å². The molecule has 0 saturated carbocycles. The van der Waals surface area contributed by atoms with Crippen LogP contribution in [0.4, 0.5) is 0 Å². The van der Waals surface area contributed by atoms with E-state index in [2.05, 4.69) is 0 Å². The SMILES string of the molecule is O.O=S(=O)([O-])c1ccccc1.O=S(=O)([O-])c1ccccc1.O=S(=O)([O-])c1ccccc1.[Ag]. The number of hydrogen-bond acceptors (Lipinski definition) is 9. The summed E-state index contributed by atoms with van der Waals surface area (Å²) in [6.45, 7) is 0. The van der Waals surface area contributed by atoms with Gasteiger partial charge in [0.25, 0.3) is 0 Å². The Balaban J connectivity index is 0. The summed E-state index contributed by atoms with van der Waals surface area (Å²) in [6.07, 6.45) is 0. The Hall–Kier alpha value is -1.91. The van der Waals surface area contributed by atoms with Crippen LogP contribution in [-0.2, 0) is 52.7 Å². The molecule has 0 fully saturated rings. The molecule has 3 aromatic rings. The molecule has 3 rings (SSSR count). The van der Waals surface area contributed by atoms with Crippen LogP contribution < -0.4 is 0 Å². The van der Waals surface area contributed by atoms with Crippen LogP contribution in [0.15, 0.2) is 106 Å². The summed E-state index contributed by atoms with van der Waals surface area (Å²) in [6, 6.07) is 21.6. The second kappa shape index (κ2) is 14.3. The van der Waals surface area contributed by atoms with E-state index in [4.69, 9.17) is 0 Å². The zero-order valence-electron chi connectivity index (χ0n) is 15.9. The Bertz CT molecular complexity index is 1070. The third kappa shape index (κ3) is 12.8. The topological polar surface area (TPSA) is 203 Å². The van der Waals surface area contributed by atoms with Crippen molar-refractivity contribution in [2.24, 2.45) is 0 Å². The van der Waals surface area contributed by atoms with E-state index in [1.807, 2.05) is 0 Å². The first-order valence-electron chi connectivity index (χ1n) is 7.84. The van der Waals surface area contributed by atoms with Crippen molar-refractivity contribution in [1.29, 1.82) is 0 Å². The van der Waals surface area contributed by atoms with Crippen LogP contribution in [0.25, 0.3) is 0 Å². The van der Waals surface area contributed by atoms with E-state index in [0.717, 1.165) is 0 Å². The molecule has 0 amide bonds. The molecule has 0 spiro atoms. The molecule has 3 aromatic carbocycles. The molecule has 0 unspecified atom stereocenters. The largest absolute Gasteiger partial charge is 0.744 e. The average Bonchev–Trinajstić information content (AvgIpc) is 2.69. The Kier molecular flexibility index (Phi) is 14.4. The number of benzene rings is 3. The molecule has 32 heavy (non-hydrogen) atoms. The molecular formula is C18H17AgO10S3-3. The summed E-state index contributed by atoms with van der Waals surface area (Å²) >= 11 is 0. The van der Waals surface area contributed by atoms with Crippen LogP contribution in [0, 0.1) is 0 Å². The van der Waals surface area contributed by atoms with Crippen molar-refractivity contribution in [1.82, 2.24) is 0 Å². The second-order valence-corrected chi connectivity index (χ2v) is 9.44. The smallest absolute Gasteiger partial charge is 0.124 e. The predicted molar refractivity (Wildman–Crippen MR) is 107 cm³/mol. The quantitative estimate of drug-likeness (QED) is 0.311. The maximum absolute atomic E-state index is 10.3. The Morgan fingerprint density at radius 3 is 0.656 bits per heavy atom. The van der Waals surface area contributed by atoms with Crippen molar-refractivity contribution in [2.75, 3.05) is 0 Å². The molecule has 0 aliphatic carbocycles. The molecule has 0 bridgehead atoms. The van der Waals surface area contributed by atoms with Crippen LogP contribution in [0.2, 0.25) is 0 Å². The van der Waals surface area contributed by atoms with E-state index < -0.39 is 30.4 Å². The summed E-state index contributed by atoms with van der Waals surface area (Å²) in [5, 5.41) is 0. The first-order chi connectivity index (χ1) is 13.8. The minimum absolute atomic E-state index is 0. The van der Waals surface area contributed by atoms with Crippen molar-refractivity contribution in [3.8, 4) is 0 Å². The monoisotopic (exact) mass is 596 g/mol. The molecule has 0 aromatic heterocycles. The van der Waals surface area contributed by atoms with Crippen LogP contribution in [0.5, 0.6) is 0 Å². The summed E-state index contributed by atoms with van der Waals surface area (Å²) in [7, 11) is -12.8. The van der Waals surface area contributed by atoms with Gasteiger partial charge in [0.15, 0.2) is 0 Å². The van der Waals surface area contributed by atoms with Crippen LogP contribution in [0.1, 0.15) is 0 Å². The molecule has 14 heteroatoms. The number of rotatable bonds is 3.